The molecule has 14 heavy (non-hydrogen) atoms. The molecule has 0 spiro atoms. The molecule has 0 heterocycles. The minimum absolute atomic E-state index is 0.751. The molecule has 0 aromatic heterocycles. The highest BCUT2D eigenvalue weighted by atomic mass is 16.5. The molecule has 0 aromatic rings. The van der Waals surface area contributed by atoms with E-state index in [0.717, 1.165) is 32.1 Å². The first-order valence-electron chi connectivity index (χ1n) is 5.86. The van der Waals surface area contributed by atoms with Gasteiger partial charge in [0, 0.05) is 13.2 Å². The van der Waals surface area contributed by atoms with E-state index >= 15 is 0 Å². The Kier molecular flexibility index (Phi) is 11.1. The van der Waals surface area contributed by atoms with Gasteiger partial charge in [0.15, 0.2) is 7.98 Å². The van der Waals surface area contributed by atoms with Crippen LogP contribution in [0.2, 0.25) is 0 Å². The van der Waals surface area contributed by atoms with E-state index in [1.54, 1.807) is 0 Å². The highest BCUT2D eigenvalue weighted by Gasteiger charge is 2.04. The molecular formula is C11H24BNO. The van der Waals surface area contributed by atoms with E-state index in [4.69, 9.17) is 12.7 Å². The van der Waals surface area contributed by atoms with Crippen LogP contribution in [0, 0.1) is 5.92 Å². The molecular weight excluding hydrogens is 173 g/mol. The normalized spacial score (nSPS) is 13.0. The molecule has 3 heteroatoms. The zero-order chi connectivity index (χ0) is 10.6. The first-order valence-corrected chi connectivity index (χ1v) is 5.86. The summed E-state index contributed by atoms with van der Waals surface area (Å²) in [6, 6.07) is 0. The molecule has 1 unspecified atom stereocenters. The maximum absolute atomic E-state index is 5.59. The summed E-state index contributed by atoms with van der Waals surface area (Å²) < 4.78 is 5.59. The lowest BCUT2D eigenvalue weighted by atomic mass is 10.0. The average molecular weight is 197 g/mol. The van der Waals surface area contributed by atoms with Crippen LogP contribution in [0.1, 0.15) is 46.0 Å². The van der Waals surface area contributed by atoms with Crippen molar-refractivity contribution < 1.29 is 4.74 Å². The van der Waals surface area contributed by atoms with E-state index in [1.807, 2.05) is 0 Å². The van der Waals surface area contributed by atoms with E-state index in [9.17, 15) is 0 Å². The average Bonchev–Trinajstić information content (AvgIpc) is 2.22. The quantitative estimate of drug-likeness (QED) is 0.428. The first-order chi connectivity index (χ1) is 6.85. The largest absolute Gasteiger partial charge is 0.381 e. The summed E-state index contributed by atoms with van der Waals surface area (Å²) in [6.45, 7) is 7.06. The molecule has 0 aliphatic carbocycles. The monoisotopic (exact) mass is 197 g/mol. The van der Waals surface area contributed by atoms with Gasteiger partial charge in [-0.25, -0.2) is 0 Å². The minimum Gasteiger partial charge on any atom is -0.381 e. The topological polar surface area (TPSA) is 21.3 Å². The van der Waals surface area contributed by atoms with Gasteiger partial charge in [-0.2, -0.15) is 0 Å². The van der Waals surface area contributed by atoms with Gasteiger partial charge < -0.3 is 9.96 Å². The number of hydrogen-bond donors (Lipinski definition) is 1. The fourth-order valence-corrected chi connectivity index (χ4v) is 1.42. The van der Waals surface area contributed by atoms with Gasteiger partial charge in [0.25, 0.3) is 0 Å². The molecule has 2 nitrogen and oxygen atoms in total. The van der Waals surface area contributed by atoms with Crippen molar-refractivity contribution >= 4 is 7.98 Å². The lowest BCUT2D eigenvalue weighted by Crippen LogP contribution is -2.14. The Bertz CT molecular complexity index is 111. The Balaban J connectivity index is 3.24. The minimum atomic E-state index is 0.751. The number of ether oxygens (including phenoxy) is 1. The third kappa shape index (κ3) is 8.58. The summed E-state index contributed by atoms with van der Waals surface area (Å²) in [5.74, 6) is 0.751. The highest BCUT2D eigenvalue weighted by Crippen LogP contribution is 2.12. The second-order valence-corrected chi connectivity index (χ2v) is 3.80. The Hall–Kier alpha value is -0.0151. The summed E-state index contributed by atoms with van der Waals surface area (Å²) >= 11 is 0. The number of hydrogen-bond acceptors (Lipinski definition) is 2. The van der Waals surface area contributed by atoms with Crippen LogP contribution in [0.3, 0.4) is 0 Å². The molecule has 0 bridgehead atoms. The zero-order valence-corrected chi connectivity index (χ0v) is 9.72. The van der Waals surface area contributed by atoms with Crippen molar-refractivity contribution in [1.82, 2.24) is 5.23 Å². The van der Waals surface area contributed by atoms with Crippen LogP contribution < -0.4 is 5.23 Å². The van der Waals surface area contributed by atoms with E-state index in [-0.39, 0.29) is 0 Å². The summed E-state index contributed by atoms with van der Waals surface area (Å²) in [6.07, 6.45) is 6.15. The molecule has 2 radical (unpaired) electrons. The van der Waals surface area contributed by atoms with Crippen molar-refractivity contribution in [2.75, 3.05) is 19.8 Å². The van der Waals surface area contributed by atoms with Crippen LogP contribution in [-0.4, -0.2) is 27.7 Å². The molecule has 0 amide bonds. The lowest BCUT2D eigenvalue weighted by molar-refractivity contribution is 0.0928. The third-order valence-corrected chi connectivity index (χ3v) is 2.51. The van der Waals surface area contributed by atoms with Gasteiger partial charge in [-0.1, -0.05) is 33.1 Å². The predicted molar refractivity (Wildman–Crippen MR) is 62.5 cm³/mol. The van der Waals surface area contributed by atoms with Gasteiger partial charge in [-0.3, -0.25) is 0 Å². The summed E-state index contributed by atoms with van der Waals surface area (Å²) in [7, 11) is 5.16. The molecule has 0 saturated heterocycles. The van der Waals surface area contributed by atoms with Crippen LogP contribution in [0.15, 0.2) is 0 Å². The summed E-state index contributed by atoms with van der Waals surface area (Å²) in [5.41, 5.74) is 0. The smallest absolute Gasteiger partial charge is 0.177 e. The molecule has 0 rings (SSSR count). The van der Waals surface area contributed by atoms with Crippen LogP contribution in [0.4, 0.5) is 0 Å². The van der Waals surface area contributed by atoms with Crippen molar-refractivity contribution in [3.05, 3.63) is 0 Å². The van der Waals surface area contributed by atoms with Crippen LogP contribution >= 0.6 is 0 Å². The fourth-order valence-electron chi connectivity index (χ4n) is 1.42. The molecule has 82 valence electrons. The number of rotatable bonds is 10. The SMILES string of the molecule is [B]NCCCOCC(CC)CCCC. The van der Waals surface area contributed by atoms with Gasteiger partial charge in [-0.15, -0.1) is 0 Å². The van der Waals surface area contributed by atoms with Gasteiger partial charge >= 0.3 is 0 Å². The highest BCUT2D eigenvalue weighted by molar-refractivity contribution is 6.04. The van der Waals surface area contributed by atoms with Crippen molar-refractivity contribution in [1.29, 1.82) is 0 Å². The maximum atomic E-state index is 5.59. The number of nitrogens with one attached hydrogen (secondary N) is 1. The van der Waals surface area contributed by atoms with E-state index < -0.39 is 0 Å². The van der Waals surface area contributed by atoms with Gasteiger partial charge in [-0.05, 0) is 25.3 Å². The molecule has 0 aromatic carbocycles. The number of unbranched alkanes of at least 4 members (excludes halogenated alkanes) is 1. The summed E-state index contributed by atoms with van der Waals surface area (Å²) in [5, 5.41) is 2.62. The molecule has 1 atom stereocenters. The Labute approximate surface area is 90.2 Å². The molecule has 0 aliphatic rings. The standard InChI is InChI=1S/C11H24BNO/c1-3-5-7-11(4-2)10-14-9-6-8-13-12/h11,13H,3-10H2,1-2H3. The Morgan fingerprint density at radius 1 is 1.29 bits per heavy atom. The van der Waals surface area contributed by atoms with Crippen molar-refractivity contribution in [2.45, 2.75) is 46.0 Å². The van der Waals surface area contributed by atoms with E-state index in [1.165, 1.54) is 25.7 Å². The van der Waals surface area contributed by atoms with Crippen LogP contribution in [0.5, 0.6) is 0 Å². The summed E-state index contributed by atoms with van der Waals surface area (Å²) in [4.78, 5) is 0. The second-order valence-electron chi connectivity index (χ2n) is 3.80. The van der Waals surface area contributed by atoms with E-state index in [2.05, 4.69) is 19.1 Å². The lowest BCUT2D eigenvalue weighted by Gasteiger charge is -2.14. The maximum Gasteiger partial charge on any atom is 0.177 e. The van der Waals surface area contributed by atoms with Crippen LogP contribution in [0.25, 0.3) is 0 Å². The molecule has 0 fully saturated rings. The second kappa shape index (κ2) is 11.1. The van der Waals surface area contributed by atoms with Gasteiger partial charge in [0.05, 0.1) is 0 Å². The molecule has 0 aliphatic heterocycles. The van der Waals surface area contributed by atoms with Crippen molar-refractivity contribution in [3.8, 4) is 0 Å². The van der Waals surface area contributed by atoms with Crippen molar-refractivity contribution in [3.63, 3.8) is 0 Å². The zero-order valence-electron chi connectivity index (χ0n) is 9.72. The Morgan fingerprint density at radius 2 is 2.07 bits per heavy atom. The van der Waals surface area contributed by atoms with E-state index in [0.29, 0.717) is 0 Å². The van der Waals surface area contributed by atoms with Gasteiger partial charge in [0.1, 0.15) is 0 Å². The third-order valence-electron chi connectivity index (χ3n) is 2.51. The fraction of sp³-hybridized carbons (Fsp3) is 1.00. The van der Waals surface area contributed by atoms with Crippen LogP contribution in [-0.2, 0) is 4.74 Å². The molecule has 0 saturated carbocycles. The Morgan fingerprint density at radius 3 is 2.64 bits per heavy atom. The molecule has 1 N–H and O–H groups in total. The predicted octanol–water partition coefficient (Wildman–Crippen LogP) is 2.28. The van der Waals surface area contributed by atoms with Crippen molar-refractivity contribution in [2.24, 2.45) is 5.92 Å². The van der Waals surface area contributed by atoms with Gasteiger partial charge in [0.2, 0.25) is 0 Å². The first kappa shape index (κ1) is 14.0.